The van der Waals surface area contributed by atoms with Gasteiger partial charge in [-0.25, -0.2) is 0 Å². The lowest BCUT2D eigenvalue weighted by atomic mass is 9.82. The van der Waals surface area contributed by atoms with Crippen LogP contribution in [0.5, 0.6) is 0 Å². The molecule has 2 heterocycles. The van der Waals surface area contributed by atoms with Gasteiger partial charge in [-0.1, -0.05) is 145 Å². The van der Waals surface area contributed by atoms with E-state index in [1.54, 1.807) is 0 Å². The maximum Gasteiger partial charge on any atom is 0.0207 e. The number of fused-ring (bicyclic) bond motifs is 4. The lowest BCUT2D eigenvalue weighted by Gasteiger charge is -2.24. The standard InChI is InChI=1S/C50H30S2/c1-27-25-41(31-19-22-38-34-10-4-6-15-44(34)51-45-16-8-13-36(31)48(38)45)39-20-17-30-28(2)26-42(40-21-18-29(27)49(39)50(30)40)32-23-24-46-47-35(32)11-7-12-37(47)33-9-3-5-14-43(33)52-46/h3-26H,1-2H3. The van der Waals surface area contributed by atoms with Crippen LogP contribution in [0.15, 0.2) is 165 Å². The Hall–Kier alpha value is -5.54. The molecule has 0 radical (unpaired) electrons. The Morgan fingerprint density at radius 3 is 1.27 bits per heavy atom. The van der Waals surface area contributed by atoms with E-state index in [0.29, 0.717) is 0 Å². The Morgan fingerprint density at radius 1 is 0.269 bits per heavy atom. The van der Waals surface area contributed by atoms with Crippen LogP contribution >= 0.6 is 23.5 Å². The largest absolute Gasteiger partial charge is 0.0888 e. The van der Waals surface area contributed by atoms with Crippen LogP contribution in [0, 0.1) is 13.8 Å². The molecule has 10 aromatic rings. The third-order valence-corrected chi connectivity index (χ3v) is 14.0. The van der Waals surface area contributed by atoms with Crippen LogP contribution in [0.3, 0.4) is 0 Å². The quantitative estimate of drug-likeness (QED) is 0.165. The normalized spacial score (nSPS) is 13.0. The smallest absolute Gasteiger partial charge is 0.0207 e. The number of benzene rings is 10. The van der Waals surface area contributed by atoms with Crippen molar-refractivity contribution in [3.63, 3.8) is 0 Å². The summed E-state index contributed by atoms with van der Waals surface area (Å²) in [6.45, 7) is 4.59. The van der Waals surface area contributed by atoms with Gasteiger partial charge < -0.3 is 0 Å². The Bertz CT molecular complexity index is 3040. The highest BCUT2D eigenvalue weighted by molar-refractivity contribution is 8.00. The topological polar surface area (TPSA) is 0 Å². The second-order valence-corrected chi connectivity index (χ2v) is 16.6. The lowest BCUT2D eigenvalue weighted by Crippen LogP contribution is -1.97. The minimum absolute atomic E-state index is 1.31. The zero-order chi connectivity index (χ0) is 34.2. The van der Waals surface area contributed by atoms with Crippen LogP contribution in [-0.2, 0) is 0 Å². The van der Waals surface area contributed by atoms with Gasteiger partial charge >= 0.3 is 0 Å². The van der Waals surface area contributed by atoms with E-state index in [2.05, 4.69) is 159 Å². The zero-order valence-corrected chi connectivity index (χ0v) is 30.3. The molecule has 0 fully saturated rings. The van der Waals surface area contributed by atoms with Gasteiger partial charge in [0, 0.05) is 30.4 Å². The molecular formula is C50H30S2. The van der Waals surface area contributed by atoms with E-state index in [0.717, 1.165) is 0 Å². The molecule has 0 nitrogen and oxygen atoms in total. The summed E-state index contributed by atoms with van der Waals surface area (Å²) in [6.07, 6.45) is 0. The molecule has 52 heavy (non-hydrogen) atoms. The van der Waals surface area contributed by atoms with Crippen molar-refractivity contribution in [2.75, 3.05) is 0 Å². The molecular weight excluding hydrogens is 665 g/mol. The highest BCUT2D eigenvalue weighted by Crippen LogP contribution is 2.53. The molecule has 0 amide bonds. The predicted molar refractivity (Wildman–Crippen MR) is 225 cm³/mol. The van der Waals surface area contributed by atoms with Gasteiger partial charge in [-0.3, -0.25) is 0 Å². The fourth-order valence-corrected chi connectivity index (χ4v) is 11.7. The average Bonchev–Trinajstić information content (AvgIpc) is 3.18. The van der Waals surface area contributed by atoms with Crippen LogP contribution in [0.2, 0.25) is 0 Å². The number of aryl methyl sites for hydroxylation is 2. The van der Waals surface area contributed by atoms with E-state index >= 15 is 0 Å². The van der Waals surface area contributed by atoms with E-state index in [9.17, 15) is 0 Å². The zero-order valence-electron chi connectivity index (χ0n) is 28.7. The first-order valence-corrected chi connectivity index (χ1v) is 19.6. The maximum absolute atomic E-state index is 2.44. The lowest BCUT2D eigenvalue weighted by molar-refractivity contribution is 1.40. The molecule has 12 rings (SSSR count). The van der Waals surface area contributed by atoms with Crippen molar-refractivity contribution < 1.29 is 0 Å². The van der Waals surface area contributed by atoms with Gasteiger partial charge in [-0.05, 0) is 137 Å². The van der Waals surface area contributed by atoms with Gasteiger partial charge in [0.2, 0.25) is 0 Å². The Kier molecular flexibility index (Phi) is 5.88. The fourth-order valence-electron chi connectivity index (χ4n) is 9.42. The maximum atomic E-state index is 2.44. The molecule has 2 aliphatic rings. The van der Waals surface area contributed by atoms with Gasteiger partial charge in [0.05, 0.1) is 0 Å². The monoisotopic (exact) mass is 694 g/mol. The van der Waals surface area contributed by atoms with Crippen LogP contribution in [-0.4, -0.2) is 0 Å². The van der Waals surface area contributed by atoms with Gasteiger partial charge in [-0.2, -0.15) is 0 Å². The molecule has 0 unspecified atom stereocenters. The molecule has 242 valence electrons. The molecule has 0 atom stereocenters. The second-order valence-electron chi connectivity index (χ2n) is 14.4. The molecule has 0 saturated heterocycles. The Balaban J connectivity index is 1.14. The van der Waals surface area contributed by atoms with E-state index in [1.165, 1.54) is 129 Å². The second kappa shape index (κ2) is 10.5. The highest BCUT2D eigenvalue weighted by Gasteiger charge is 2.25. The number of hydrogen-bond donors (Lipinski definition) is 0. The summed E-state index contributed by atoms with van der Waals surface area (Å²) in [7, 11) is 0. The third-order valence-electron chi connectivity index (χ3n) is 11.7. The van der Waals surface area contributed by atoms with Crippen molar-refractivity contribution in [2.45, 2.75) is 33.4 Å². The minimum Gasteiger partial charge on any atom is -0.0888 e. The molecule has 0 aromatic heterocycles. The van der Waals surface area contributed by atoms with Crippen molar-refractivity contribution in [3.05, 3.63) is 157 Å². The molecule has 0 N–H and O–H groups in total. The van der Waals surface area contributed by atoms with Crippen molar-refractivity contribution in [3.8, 4) is 44.5 Å². The van der Waals surface area contributed by atoms with Crippen molar-refractivity contribution in [2.24, 2.45) is 0 Å². The van der Waals surface area contributed by atoms with Crippen LogP contribution < -0.4 is 0 Å². The molecule has 2 aliphatic heterocycles. The van der Waals surface area contributed by atoms with Gasteiger partial charge in [-0.15, -0.1) is 0 Å². The first kappa shape index (κ1) is 29.1. The SMILES string of the molecule is Cc1cc(-c2ccc3c4c(cccc24)-c2ccccc2S3)c2ccc3c(C)cc(-c4ccc5c6c(cccc46)Sc4ccccc4-5)c4ccc1c2c34. The Labute approximate surface area is 310 Å². The predicted octanol–water partition coefficient (Wildman–Crippen LogP) is 15.1. The molecule has 0 bridgehead atoms. The van der Waals surface area contributed by atoms with Crippen LogP contribution in [0.4, 0.5) is 0 Å². The van der Waals surface area contributed by atoms with Crippen molar-refractivity contribution in [1.82, 2.24) is 0 Å². The van der Waals surface area contributed by atoms with Gasteiger partial charge in [0.15, 0.2) is 0 Å². The summed E-state index contributed by atoms with van der Waals surface area (Å²) in [4.78, 5) is 5.34. The van der Waals surface area contributed by atoms with Gasteiger partial charge in [0.1, 0.15) is 0 Å². The summed E-state index contributed by atoms with van der Waals surface area (Å²) in [5.41, 5.74) is 13.2. The van der Waals surface area contributed by atoms with Crippen LogP contribution in [0.1, 0.15) is 11.1 Å². The Morgan fingerprint density at radius 2 is 0.673 bits per heavy atom. The molecule has 0 saturated carbocycles. The van der Waals surface area contributed by atoms with Crippen LogP contribution in [0.25, 0.3) is 98.4 Å². The molecule has 2 heteroatoms. The minimum atomic E-state index is 1.31. The fraction of sp³-hybridized carbons (Fsp3) is 0.0400. The summed E-state index contributed by atoms with van der Waals surface area (Å²) in [6, 6.07) is 55.3. The first-order valence-electron chi connectivity index (χ1n) is 18.0. The number of rotatable bonds is 2. The first-order chi connectivity index (χ1) is 25.6. The van der Waals surface area contributed by atoms with Gasteiger partial charge in [0.25, 0.3) is 0 Å². The molecule has 0 spiro atoms. The summed E-state index contributed by atoms with van der Waals surface area (Å²) >= 11 is 3.79. The molecule has 0 aliphatic carbocycles. The molecule has 10 aromatic carbocycles. The average molecular weight is 695 g/mol. The van der Waals surface area contributed by atoms with E-state index < -0.39 is 0 Å². The summed E-state index contributed by atoms with van der Waals surface area (Å²) in [5.74, 6) is 0. The van der Waals surface area contributed by atoms with E-state index in [-0.39, 0.29) is 0 Å². The third kappa shape index (κ3) is 3.81. The van der Waals surface area contributed by atoms with Crippen molar-refractivity contribution in [1.29, 1.82) is 0 Å². The summed E-state index contributed by atoms with van der Waals surface area (Å²) in [5, 5.41) is 13.5. The summed E-state index contributed by atoms with van der Waals surface area (Å²) < 4.78 is 0. The van der Waals surface area contributed by atoms with Crippen molar-refractivity contribution >= 4 is 77.4 Å². The highest BCUT2D eigenvalue weighted by atomic mass is 32.2. The van der Waals surface area contributed by atoms with E-state index in [4.69, 9.17) is 0 Å². The van der Waals surface area contributed by atoms with E-state index in [1.807, 2.05) is 23.5 Å². The number of hydrogen-bond acceptors (Lipinski definition) is 2.